The van der Waals surface area contributed by atoms with Crippen molar-refractivity contribution in [3.05, 3.63) is 35.9 Å². The van der Waals surface area contributed by atoms with E-state index >= 15 is 0 Å². The van der Waals surface area contributed by atoms with Crippen LogP contribution in [0.1, 0.15) is 12.0 Å². The molecule has 17 heavy (non-hydrogen) atoms. The summed E-state index contributed by atoms with van der Waals surface area (Å²) in [5.41, 5.74) is 1.24. The fourth-order valence-electron chi connectivity index (χ4n) is 1.44. The number of carboxylic acids is 1. The normalized spacial score (nSPS) is 11.6. The first-order valence-corrected chi connectivity index (χ1v) is 5.35. The van der Waals surface area contributed by atoms with Crippen molar-refractivity contribution in [2.45, 2.75) is 18.9 Å². The quantitative estimate of drug-likeness (QED) is 0.641. The van der Waals surface area contributed by atoms with Gasteiger partial charge in [0.15, 0.2) is 0 Å². The molecule has 0 aromatic heterocycles. The first kappa shape index (κ1) is 15.9. The number of aryl methyl sites for hydroxylation is 1. The number of nitrogens with one attached hydrogen (secondary N) is 1. The maximum Gasteiger partial charge on any atom is 0.323 e. The summed E-state index contributed by atoms with van der Waals surface area (Å²) in [7, 11) is 0. The van der Waals surface area contributed by atoms with Gasteiger partial charge in [-0.1, -0.05) is 30.3 Å². The summed E-state index contributed by atoms with van der Waals surface area (Å²) >= 11 is 0. The second-order valence-electron chi connectivity index (χ2n) is 3.62. The summed E-state index contributed by atoms with van der Waals surface area (Å²) < 4.78 is 0. The van der Waals surface area contributed by atoms with Gasteiger partial charge in [0.25, 0.3) is 0 Å². The van der Waals surface area contributed by atoms with Crippen molar-refractivity contribution >= 4 is 18.4 Å². The van der Waals surface area contributed by atoms with Crippen molar-refractivity contribution in [3.8, 4) is 0 Å². The van der Waals surface area contributed by atoms with E-state index in [0.717, 1.165) is 12.8 Å². The van der Waals surface area contributed by atoms with E-state index in [1.165, 1.54) is 5.56 Å². The van der Waals surface area contributed by atoms with Crippen LogP contribution in [0.25, 0.3) is 0 Å². The average Bonchev–Trinajstić information content (AvgIpc) is 2.30. The highest BCUT2D eigenvalue weighted by atomic mass is 35.5. The Bertz CT molecular complexity index is 319. The van der Waals surface area contributed by atoms with Gasteiger partial charge in [0.1, 0.15) is 6.04 Å². The number of hydrogen-bond donors (Lipinski definition) is 3. The summed E-state index contributed by atoms with van der Waals surface area (Å²) in [4.78, 5) is 10.6. The topological polar surface area (TPSA) is 69.6 Å². The zero-order valence-electron chi connectivity index (χ0n) is 9.50. The molecule has 0 aliphatic heterocycles. The summed E-state index contributed by atoms with van der Waals surface area (Å²) in [6.07, 6.45) is 1.76. The second-order valence-corrected chi connectivity index (χ2v) is 3.62. The lowest BCUT2D eigenvalue weighted by molar-refractivity contribution is -0.140. The molecule has 4 nitrogen and oxygen atoms in total. The van der Waals surface area contributed by atoms with Crippen LogP contribution in [0.15, 0.2) is 30.3 Å². The summed E-state index contributed by atoms with van der Waals surface area (Å²) in [5.74, 6) is -1.01. The molecule has 1 aromatic rings. The smallest absolute Gasteiger partial charge is 0.323 e. The number of hydrogen-bond acceptors (Lipinski definition) is 3. The maximum absolute atomic E-state index is 10.6. The van der Waals surface area contributed by atoms with Gasteiger partial charge in [0, 0.05) is 0 Å². The molecule has 1 rings (SSSR count). The lowest BCUT2D eigenvalue weighted by Gasteiger charge is -2.10. The standard InChI is InChI=1S/C12H17NO3.ClH/c14-9-11(12(15)16)13-8-4-7-10-5-2-1-3-6-10;/h1-3,5-6,11,13-14H,4,7-9H2,(H,15,16);1H/t11-;/m1./s1. The molecule has 1 atom stereocenters. The van der Waals surface area contributed by atoms with Crippen LogP contribution in [0.4, 0.5) is 0 Å². The van der Waals surface area contributed by atoms with Crippen LogP contribution < -0.4 is 5.32 Å². The van der Waals surface area contributed by atoms with Crippen LogP contribution in [0.2, 0.25) is 0 Å². The Balaban J connectivity index is 0.00000256. The highest BCUT2D eigenvalue weighted by Gasteiger charge is 2.13. The van der Waals surface area contributed by atoms with Gasteiger partial charge in [-0.3, -0.25) is 4.79 Å². The number of halogens is 1. The van der Waals surface area contributed by atoms with Crippen LogP contribution in [-0.2, 0) is 11.2 Å². The monoisotopic (exact) mass is 259 g/mol. The van der Waals surface area contributed by atoms with E-state index in [-0.39, 0.29) is 19.0 Å². The fraction of sp³-hybridized carbons (Fsp3) is 0.417. The first-order chi connectivity index (χ1) is 7.74. The van der Waals surface area contributed by atoms with Gasteiger partial charge in [-0.15, -0.1) is 12.4 Å². The van der Waals surface area contributed by atoms with E-state index in [2.05, 4.69) is 5.32 Å². The zero-order chi connectivity index (χ0) is 11.8. The van der Waals surface area contributed by atoms with Crippen molar-refractivity contribution in [2.24, 2.45) is 0 Å². The number of carboxylic acid groups (broad SMARTS) is 1. The molecule has 0 bridgehead atoms. The first-order valence-electron chi connectivity index (χ1n) is 5.35. The van der Waals surface area contributed by atoms with Crippen LogP contribution in [0.3, 0.4) is 0 Å². The van der Waals surface area contributed by atoms with E-state index in [1.807, 2.05) is 30.3 Å². The van der Waals surface area contributed by atoms with E-state index in [9.17, 15) is 4.79 Å². The van der Waals surface area contributed by atoms with Gasteiger partial charge in [0.2, 0.25) is 0 Å². The molecule has 1 aromatic carbocycles. The van der Waals surface area contributed by atoms with Crippen LogP contribution >= 0.6 is 12.4 Å². The Morgan fingerprint density at radius 1 is 1.29 bits per heavy atom. The third-order valence-electron chi connectivity index (χ3n) is 2.36. The fourth-order valence-corrected chi connectivity index (χ4v) is 1.44. The van der Waals surface area contributed by atoms with E-state index in [0.29, 0.717) is 6.54 Å². The molecule has 5 heteroatoms. The second kappa shape index (κ2) is 8.98. The molecule has 3 N–H and O–H groups in total. The molecular weight excluding hydrogens is 242 g/mol. The van der Waals surface area contributed by atoms with Gasteiger partial charge < -0.3 is 15.5 Å². The van der Waals surface area contributed by atoms with Crippen molar-refractivity contribution in [2.75, 3.05) is 13.2 Å². The van der Waals surface area contributed by atoms with Crippen LogP contribution in [0.5, 0.6) is 0 Å². The molecule has 96 valence electrons. The Hall–Kier alpha value is -1.10. The molecule has 0 saturated carbocycles. The Morgan fingerprint density at radius 2 is 1.94 bits per heavy atom. The Labute approximate surface area is 107 Å². The lowest BCUT2D eigenvalue weighted by Crippen LogP contribution is -2.40. The predicted octanol–water partition coefficient (Wildman–Crippen LogP) is 1.08. The van der Waals surface area contributed by atoms with Crippen molar-refractivity contribution in [1.82, 2.24) is 5.32 Å². The van der Waals surface area contributed by atoms with Gasteiger partial charge in [-0.25, -0.2) is 0 Å². The molecule has 0 unspecified atom stereocenters. The van der Waals surface area contributed by atoms with E-state index in [4.69, 9.17) is 10.2 Å². The van der Waals surface area contributed by atoms with E-state index in [1.54, 1.807) is 0 Å². The molecule has 0 spiro atoms. The average molecular weight is 260 g/mol. The minimum Gasteiger partial charge on any atom is -0.480 e. The number of aliphatic carboxylic acids is 1. The van der Waals surface area contributed by atoms with Crippen molar-refractivity contribution < 1.29 is 15.0 Å². The largest absolute Gasteiger partial charge is 0.480 e. The third-order valence-corrected chi connectivity index (χ3v) is 2.36. The van der Waals surface area contributed by atoms with Gasteiger partial charge in [-0.05, 0) is 24.9 Å². The Kier molecular flexibility index (Phi) is 8.40. The molecule has 0 aliphatic rings. The van der Waals surface area contributed by atoms with Crippen molar-refractivity contribution in [1.29, 1.82) is 0 Å². The predicted molar refractivity (Wildman–Crippen MR) is 68.5 cm³/mol. The number of carbonyl (C=O) groups is 1. The summed E-state index contributed by atoms with van der Waals surface area (Å²) in [5, 5.41) is 20.2. The van der Waals surface area contributed by atoms with Gasteiger partial charge >= 0.3 is 5.97 Å². The van der Waals surface area contributed by atoms with Crippen LogP contribution in [-0.4, -0.2) is 35.4 Å². The molecule has 0 fully saturated rings. The molecule has 0 saturated heterocycles. The molecule has 0 radical (unpaired) electrons. The third kappa shape index (κ3) is 6.26. The minimum atomic E-state index is -1.01. The lowest BCUT2D eigenvalue weighted by atomic mass is 10.1. The number of aliphatic hydroxyl groups is 1. The molecular formula is C12H18ClNO3. The summed E-state index contributed by atoms with van der Waals surface area (Å²) in [6, 6.07) is 9.17. The molecule has 0 heterocycles. The maximum atomic E-state index is 10.6. The van der Waals surface area contributed by atoms with Crippen LogP contribution in [0, 0.1) is 0 Å². The minimum absolute atomic E-state index is 0. The number of benzene rings is 1. The highest BCUT2D eigenvalue weighted by molar-refractivity contribution is 5.85. The zero-order valence-corrected chi connectivity index (χ0v) is 10.3. The number of aliphatic hydroxyl groups excluding tert-OH is 1. The van der Waals surface area contributed by atoms with Gasteiger partial charge in [-0.2, -0.15) is 0 Å². The SMILES string of the molecule is Cl.O=C(O)[C@@H](CO)NCCCc1ccccc1. The molecule has 0 amide bonds. The van der Waals surface area contributed by atoms with Gasteiger partial charge in [0.05, 0.1) is 6.61 Å². The Morgan fingerprint density at radius 3 is 2.47 bits per heavy atom. The summed E-state index contributed by atoms with van der Waals surface area (Å²) in [6.45, 7) is 0.215. The highest BCUT2D eigenvalue weighted by Crippen LogP contribution is 2.01. The van der Waals surface area contributed by atoms with E-state index < -0.39 is 12.0 Å². The van der Waals surface area contributed by atoms with Crippen molar-refractivity contribution in [3.63, 3.8) is 0 Å². The molecule has 0 aliphatic carbocycles. The number of rotatable bonds is 7.